The minimum atomic E-state index is 0.416. The second-order valence-corrected chi connectivity index (χ2v) is 7.25. The minimum absolute atomic E-state index is 0.416. The molecule has 2 fully saturated rings. The fraction of sp³-hybridized carbons (Fsp3) is 1.00. The first kappa shape index (κ1) is 16.6. The molecule has 1 aliphatic heterocycles. The van der Waals surface area contributed by atoms with Gasteiger partial charge in [-0.15, -0.1) is 0 Å². The molecule has 0 amide bonds. The summed E-state index contributed by atoms with van der Waals surface area (Å²) in [6.07, 6.45) is 11.9. The van der Waals surface area contributed by atoms with Gasteiger partial charge in [-0.25, -0.2) is 0 Å². The van der Waals surface area contributed by atoms with E-state index in [0.717, 1.165) is 26.3 Å². The maximum absolute atomic E-state index is 5.56. The molecule has 1 saturated carbocycles. The summed E-state index contributed by atoms with van der Waals surface area (Å²) in [7, 11) is 0. The summed E-state index contributed by atoms with van der Waals surface area (Å²) in [5.41, 5.74) is 0.416. The molecule has 0 aromatic heterocycles. The van der Waals surface area contributed by atoms with Gasteiger partial charge in [0.15, 0.2) is 0 Å². The molecule has 4 heteroatoms. The largest absolute Gasteiger partial charge is 0.379 e. The van der Waals surface area contributed by atoms with Crippen LogP contribution in [0.15, 0.2) is 0 Å². The van der Waals surface area contributed by atoms with Gasteiger partial charge < -0.3 is 10.1 Å². The number of ether oxygens (including phenoxy) is 1. The fourth-order valence-corrected chi connectivity index (χ4v) is 4.12. The average Bonchev–Trinajstić information content (AvgIpc) is 2.75. The van der Waals surface area contributed by atoms with Crippen molar-refractivity contribution in [2.75, 3.05) is 51.4 Å². The third-order valence-electron chi connectivity index (χ3n) is 4.87. The van der Waals surface area contributed by atoms with E-state index in [1.807, 2.05) is 11.8 Å². The van der Waals surface area contributed by atoms with Crippen molar-refractivity contribution in [1.29, 1.82) is 0 Å². The molecule has 0 aromatic carbocycles. The van der Waals surface area contributed by atoms with Crippen LogP contribution in [-0.2, 0) is 4.74 Å². The lowest BCUT2D eigenvalue weighted by Crippen LogP contribution is -2.58. The number of nitrogens with zero attached hydrogens (tertiary/aromatic N) is 1. The highest BCUT2D eigenvalue weighted by Gasteiger charge is 2.37. The summed E-state index contributed by atoms with van der Waals surface area (Å²) >= 11 is 1.95. The van der Waals surface area contributed by atoms with Gasteiger partial charge in [-0.05, 0) is 37.8 Å². The van der Waals surface area contributed by atoms with Crippen LogP contribution in [0.4, 0.5) is 0 Å². The molecule has 1 saturated heterocycles. The van der Waals surface area contributed by atoms with Crippen molar-refractivity contribution in [3.05, 3.63) is 0 Å². The normalized spacial score (nSPS) is 24.4. The molecular formula is C16H32N2OS. The summed E-state index contributed by atoms with van der Waals surface area (Å²) < 4.78 is 5.56. The molecule has 0 spiro atoms. The van der Waals surface area contributed by atoms with Gasteiger partial charge in [0.25, 0.3) is 0 Å². The van der Waals surface area contributed by atoms with Gasteiger partial charge in [-0.1, -0.05) is 25.7 Å². The van der Waals surface area contributed by atoms with Crippen LogP contribution in [0, 0.1) is 0 Å². The Morgan fingerprint density at radius 2 is 1.80 bits per heavy atom. The SMILES string of the molecule is CSCCCNCC1(N2CCOCC2)CCCCCC1. The maximum Gasteiger partial charge on any atom is 0.0594 e. The van der Waals surface area contributed by atoms with Gasteiger partial charge in [0.05, 0.1) is 13.2 Å². The zero-order valence-corrected chi connectivity index (χ0v) is 14.0. The molecule has 2 rings (SSSR count). The Labute approximate surface area is 129 Å². The number of hydrogen-bond acceptors (Lipinski definition) is 4. The van der Waals surface area contributed by atoms with E-state index in [2.05, 4.69) is 16.5 Å². The average molecular weight is 301 g/mol. The summed E-state index contributed by atoms with van der Waals surface area (Å²) in [4.78, 5) is 2.74. The highest BCUT2D eigenvalue weighted by molar-refractivity contribution is 7.98. The van der Waals surface area contributed by atoms with E-state index in [1.54, 1.807) is 0 Å². The lowest BCUT2D eigenvalue weighted by Gasteiger charge is -2.46. The Hall–Kier alpha value is 0.230. The van der Waals surface area contributed by atoms with Gasteiger partial charge in [-0.3, -0.25) is 4.90 Å². The molecule has 0 aromatic rings. The van der Waals surface area contributed by atoms with Crippen LogP contribution >= 0.6 is 11.8 Å². The first-order chi connectivity index (χ1) is 9.87. The number of hydrogen-bond donors (Lipinski definition) is 1. The molecule has 0 bridgehead atoms. The molecular weight excluding hydrogens is 268 g/mol. The van der Waals surface area contributed by atoms with Gasteiger partial charge in [0.1, 0.15) is 0 Å². The van der Waals surface area contributed by atoms with Crippen molar-refractivity contribution in [2.24, 2.45) is 0 Å². The van der Waals surface area contributed by atoms with Gasteiger partial charge in [-0.2, -0.15) is 11.8 Å². The minimum Gasteiger partial charge on any atom is -0.379 e. The molecule has 2 aliphatic rings. The van der Waals surface area contributed by atoms with Crippen molar-refractivity contribution in [2.45, 2.75) is 50.5 Å². The number of morpholine rings is 1. The highest BCUT2D eigenvalue weighted by atomic mass is 32.2. The number of thioether (sulfide) groups is 1. The van der Waals surface area contributed by atoms with E-state index in [1.165, 1.54) is 63.8 Å². The number of nitrogens with one attached hydrogen (secondary N) is 1. The van der Waals surface area contributed by atoms with Crippen molar-refractivity contribution < 1.29 is 4.74 Å². The van der Waals surface area contributed by atoms with Crippen LogP contribution in [0.2, 0.25) is 0 Å². The second-order valence-electron chi connectivity index (χ2n) is 6.26. The van der Waals surface area contributed by atoms with Crippen molar-refractivity contribution in [3.8, 4) is 0 Å². The van der Waals surface area contributed by atoms with E-state index >= 15 is 0 Å². The topological polar surface area (TPSA) is 24.5 Å². The third-order valence-corrected chi connectivity index (χ3v) is 5.57. The Morgan fingerprint density at radius 1 is 1.10 bits per heavy atom. The standard InChI is InChI=1S/C16H32N2OS/c1-20-14-6-9-17-15-16(7-4-2-3-5-8-16)18-10-12-19-13-11-18/h17H,2-15H2,1H3. The van der Waals surface area contributed by atoms with Crippen LogP contribution in [0.5, 0.6) is 0 Å². The van der Waals surface area contributed by atoms with Crippen LogP contribution in [0.1, 0.15) is 44.9 Å². The Morgan fingerprint density at radius 3 is 2.45 bits per heavy atom. The summed E-state index contributed by atoms with van der Waals surface area (Å²) in [6.45, 7) is 6.47. The van der Waals surface area contributed by atoms with Crippen molar-refractivity contribution in [3.63, 3.8) is 0 Å². The molecule has 1 N–H and O–H groups in total. The molecule has 1 aliphatic carbocycles. The predicted molar refractivity (Wildman–Crippen MR) is 88.7 cm³/mol. The molecule has 20 heavy (non-hydrogen) atoms. The summed E-state index contributed by atoms with van der Waals surface area (Å²) in [6, 6.07) is 0. The highest BCUT2D eigenvalue weighted by Crippen LogP contribution is 2.32. The Bertz CT molecular complexity index is 249. The Balaban J connectivity index is 1.88. The van der Waals surface area contributed by atoms with Crippen molar-refractivity contribution in [1.82, 2.24) is 10.2 Å². The monoisotopic (exact) mass is 300 g/mol. The quantitative estimate of drug-likeness (QED) is 0.577. The molecule has 3 nitrogen and oxygen atoms in total. The van der Waals surface area contributed by atoms with Gasteiger partial charge in [0, 0.05) is 25.2 Å². The molecule has 0 unspecified atom stereocenters. The van der Waals surface area contributed by atoms with E-state index in [9.17, 15) is 0 Å². The Kier molecular flexibility index (Phi) is 7.71. The predicted octanol–water partition coefficient (Wildman–Crippen LogP) is 2.75. The summed E-state index contributed by atoms with van der Waals surface area (Å²) in [5.74, 6) is 1.28. The first-order valence-corrected chi connectivity index (χ1v) is 9.79. The fourth-order valence-electron chi connectivity index (χ4n) is 3.69. The smallest absolute Gasteiger partial charge is 0.0594 e. The first-order valence-electron chi connectivity index (χ1n) is 8.40. The second kappa shape index (κ2) is 9.29. The lowest BCUT2D eigenvalue weighted by molar-refractivity contribution is -0.0286. The molecule has 0 atom stereocenters. The van der Waals surface area contributed by atoms with Gasteiger partial charge in [0.2, 0.25) is 0 Å². The summed E-state index contributed by atoms with van der Waals surface area (Å²) in [5, 5.41) is 3.76. The maximum atomic E-state index is 5.56. The molecule has 118 valence electrons. The van der Waals surface area contributed by atoms with Crippen molar-refractivity contribution >= 4 is 11.8 Å². The van der Waals surface area contributed by atoms with E-state index in [4.69, 9.17) is 4.74 Å². The van der Waals surface area contributed by atoms with Crippen LogP contribution in [-0.4, -0.2) is 61.8 Å². The van der Waals surface area contributed by atoms with E-state index in [-0.39, 0.29) is 0 Å². The van der Waals surface area contributed by atoms with E-state index < -0.39 is 0 Å². The third kappa shape index (κ3) is 4.90. The lowest BCUT2D eigenvalue weighted by atomic mass is 9.87. The zero-order valence-electron chi connectivity index (χ0n) is 13.2. The van der Waals surface area contributed by atoms with Crippen LogP contribution in [0.25, 0.3) is 0 Å². The van der Waals surface area contributed by atoms with E-state index in [0.29, 0.717) is 5.54 Å². The van der Waals surface area contributed by atoms with Crippen LogP contribution in [0.3, 0.4) is 0 Å². The number of rotatable bonds is 7. The van der Waals surface area contributed by atoms with Crippen LogP contribution < -0.4 is 5.32 Å². The molecule has 1 heterocycles. The molecule has 0 radical (unpaired) electrons. The zero-order chi connectivity index (χ0) is 14.1. The van der Waals surface area contributed by atoms with Gasteiger partial charge >= 0.3 is 0 Å².